The molecule has 1 N–H and O–H groups in total. The van der Waals surface area contributed by atoms with E-state index in [4.69, 9.17) is 0 Å². The first-order chi connectivity index (χ1) is 9.08. The number of aromatic nitrogens is 2. The Morgan fingerprint density at radius 3 is 2.63 bits per heavy atom. The molecule has 19 heavy (non-hydrogen) atoms. The van der Waals surface area contributed by atoms with Crippen molar-refractivity contribution in [1.29, 1.82) is 0 Å². The molecule has 0 saturated carbocycles. The highest BCUT2D eigenvalue weighted by Crippen LogP contribution is 2.13. The van der Waals surface area contributed by atoms with Crippen LogP contribution >= 0.6 is 0 Å². The number of nitro benzene ring substituents is 1. The van der Waals surface area contributed by atoms with E-state index in [1.165, 1.54) is 29.2 Å². The second-order valence-electron chi connectivity index (χ2n) is 4.00. The number of hydrogen-bond acceptors (Lipinski definition) is 4. The highest BCUT2D eigenvalue weighted by atomic mass is 16.6. The number of H-pyrrole nitrogens is 1. The Hall–Kier alpha value is -2.70. The minimum Gasteiger partial charge on any atom is -0.347 e. The van der Waals surface area contributed by atoms with Crippen LogP contribution in [0.1, 0.15) is 16.2 Å². The van der Waals surface area contributed by atoms with Crippen LogP contribution in [-0.2, 0) is 6.54 Å². The Morgan fingerprint density at radius 2 is 2.11 bits per heavy atom. The van der Waals surface area contributed by atoms with Crippen molar-refractivity contribution in [2.24, 2.45) is 0 Å². The number of benzene rings is 1. The molecule has 98 valence electrons. The molecule has 0 spiro atoms. The van der Waals surface area contributed by atoms with E-state index >= 15 is 0 Å². The van der Waals surface area contributed by atoms with Gasteiger partial charge in [-0.05, 0) is 12.1 Å². The zero-order chi connectivity index (χ0) is 13.8. The summed E-state index contributed by atoms with van der Waals surface area (Å²) in [7, 11) is 1.65. The number of amides is 1. The largest absolute Gasteiger partial charge is 0.347 e. The van der Waals surface area contributed by atoms with Crippen molar-refractivity contribution in [3.8, 4) is 0 Å². The molecule has 2 aromatic rings. The average molecular weight is 260 g/mol. The number of rotatable bonds is 4. The highest BCUT2D eigenvalue weighted by Gasteiger charge is 2.14. The third-order valence-corrected chi connectivity index (χ3v) is 2.61. The van der Waals surface area contributed by atoms with E-state index in [0.717, 1.165) is 0 Å². The molecule has 1 aromatic carbocycles. The van der Waals surface area contributed by atoms with Gasteiger partial charge in [0.15, 0.2) is 0 Å². The zero-order valence-corrected chi connectivity index (χ0v) is 10.2. The van der Waals surface area contributed by atoms with E-state index in [1.807, 2.05) is 0 Å². The molecule has 0 radical (unpaired) electrons. The SMILES string of the molecule is CN(Cc1ncc[nH]1)C(=O)c1ccc([N+](=O)[O-])cc1. The Morgan fingerprint density at radius 1 is 1.42 bits per heavy atom. The highest BCUT2D eigenvalue weighted by molar-refractivity contribution is 5.94. The van der Waals surface area contributed by atoms with Gasteiger partial charge >= 0.3 is 0 Å². The lowest BCUT2D eigenvalue weighted by atomic mass is 10.2. The molecule has 0 atom stereocenters. The number of carbonyl (C=O) groups excluding carboxylic acids is 1. The molecule has 0 aliphatic heterocycles. The molecule has 0 unspecified atom stereocenters. The molecule has 7 heteroatoms. The Labute approximate surface area is 109 Å². The van der Waals surface area contributed by atoms with Gasteiger partial charge in [0.25, 0.3) is 11.6 Å². The topological polar surface area (TPSA) is 92.1 Å². The lowest BCUT2D eigenvalue weighted by molar-refractivity contribution is -0.384. The minimum absolute atomic E-state index is 0.0368. The summed E-state index contributed by atoms with van der Waals surface area (Å²) >= 11 is 0. The Kier molecular flexibility index (Phi) is 3.56. The normalized spacial score (nSPS) is 10.2. The third kappa shape index (κ3) is 2.95. The van der Waals surface area contributed by atoms with Gasteiger partial charge in [-0.15, -0.1) is 0 Å². The van der Waals surface area contributed by atoms with Gasteiger partial charge in [-0.2, -0.15) is 0 Å². The molecule has 1 aromatic heterocycles. The smallest absolute Gasteiger partial charge is 0.269 e. The number of aromatic amines is 1. The molecule has 1 amide bonds. The molecule has 0 aliphatic carbocycles. The molecule has 1 heterocycles. The van der Waals surface area contributed by atoms with E-state index < -0.39 is 4.92 Å². The van der Waals surface area contributed by atoms with Gasteiger partial charge in [0.1, 0.15) is 5.82 Å². The fraction of sp³-hybridized carbons (Fsp3) is 0.167. The molecular formula is C12H12N4O3. The van der Waals surface area contributed by atoms with E-state index in [0.29, 0.717) is 17.9 Å². The summed E-state index contributed by atoms with van der Waals surface area (Å²) in [5.74, 6) is 0.462. The summed E-state index contributed by atoms with van der Waals surface area (Å²) in [5, 5.41) is 10.5. The first-order valence-electron chi connectivity index (χ1n) is 5.56. The van der Waals surface area contributed by atoms with Crippen LogP contribution in [0.5, 0.6) is 0 Å². The van der Waals surface area contributed by atoms with Crippen LogP contribution in [0.4, 0.5) is 5.69 Å². The first-order valence-corrected chi connectivity index (χ1v) is 5.56. The molecule has 0 saturated heterocycles. The maximum Gasteiger partial charge on any atom is 0.269 e. The number of nitro groups is 1. The van der Waals surface area contributed by atoms with Gasteiger partial charge in [-0.25, -0.2) is 4.98 Å². The van der Waals surface area contributed by atoms with Crippen LogP contribution in [0.2, 0.25) is 0 Å². The predicted molar refractivity (Wildman–Crippen MR) is 67.5 cm³/mol. The maximum atomic E-state index is 12.1. The van der Waals surface area contributed by atoms with Crippen molar-refractivity contribution < 1.29 is 9.72 Å². The molecule has 0 bridgehead atoms. The van der Waals surface area contributed by atoms with Crippen LogP contribution in [0.3, 0.4) is 0 Å². The average Bonchev–Trinajstić information content (AvgIpc) is 2.90. The maximum absolute atomic E-state index is 12.1. The molecule has 2 rings (SSSR count). The number of nitrogens with one attached hydrogen (secondary N) is 1. The van der Waals surface area contributed by atoms with Gasteiger partial charge in [0, 0.05) is 37.1 Å². The summed E-state index contributed by atoms with van der Waals surface area (Å²) in [5.41, 5.74) is 0.366. The summed E-state index contributed by atoms with van der Waals surface area (Å²) < 4.78 is 0. The van der Waals surface area contributed by atoms with Crippen molar-refractivity contribution in [2.75, 3.05) is 7.05 Å². The van der Waals surface area contributed by atoms with Gasteiger partial charge in [0.05, 0.1) is 11.5 Å². The van der Waals surface area contributed by atoms with E-state index in [-0.39, 0.29) is 11.6 Å². The molecular weight excluding hydrogens is 248 g/mol. The first kappa shape index (κ1) is 12.7. The number of carbonyl (C=O) groups is 1. The molecule has 0 fully saturated rings. The fourth-order valence-corrected chi connectivity index (χ4v) is 1.63. The van der Waals surface area contributed by atoms with E-state index in [2.05, 4.69) is 9.97 Å². The summed E-state index contributed by atoms with van der Waals surface area (Å²) in [4.78, 5) is 30.5. The van der Waals surface area contributed by atoms with Gasteiger partial charge in [0.2, 0.25) is 0 Å². The Balaban J connectivity index is 2.08. The van der Waals surface area contributed by atoms with Gasteiger partial charge in [-0.3, -0.25) is 14.9 Å². The Bertz CT molecular complexity index is 578. The summed E-state index contributed by atoms with van der Waals surface area (Å²) in [6, 6.07) is 5.51. The van der Waals surface area contributed by atoms with Crippen LogP contribution in [0.25, 0.3) is 0 Å². The zero-order valence-electron chi connectivity index (χ0n) is 10.2. The van der Waals surface area contributed by atoms with E-state index in [1.54, 1.807) is 19.4 Å². The second-order valence-corrected chi connectivity index (χ2v) is 4.00. The molecule has 0 aliphatic rings. The summed E-state index contributed by atoms with van der Waals surface area (Å²) in [6.07, 6.45) is 3.29. The van der Waals surface area contributed by atoms with Crippen molar-refractivity contribution in [3.63, 3.8) is 0 Å². The van der Waals surface area contributed by atoms with Crippen LogP contribution in [0.15, 0.2) is 36.7 Å². The quantitative estimate of drug-likeness (QED) is 0.667. The van der Waals surface area contributed by atoms with Gasteiger partial charge < -0.3 is 9.88 Å². The van der Waals surface area contributed by atoms with Gasteiger partial charge in [-0.1, -0.05) is 0 Å². The number of imidazole rings is 1. The predicted octanol–water partition coefficient (Wildman–Crippen LogP) is 1.59. The van der Waals surface area contributed by atoms with Crippen LogP contribution < -0.4 is 0 Å². The van der Waals surface area contributed by atoms with Crippen LogP contribution in [-0.4, -0.2) is 32.7 Å². The standard InChI is InChI=1S/C12H12N4O3/c1-15(8-11-13-6-7-14-11)12(17)9-2-4-10(5-3-9)16(18)19/h2-7H,8H2,1H3,(H,13,14). The van der Waals surface area contributed by atoms with Crippen molar-refractivity contribution in [3.05, 3.63) is 58.2 Å². The second kappa shape index (κ2) is 5.30. The van der Waals surface area contributed by atoms with E-state index in [9.17, 15) is 14.9 Å². The van der Waals surface area contributed by atoms with Crippen molar-refractivity contribution >= 4 is 11.6 Å². The lowest BCUT2D eigenvalue weighted by Gasteiger charge is -2.15. The summed E-state index contributed by atoms with van der Waals surface area (Å²) in [6.45, 7) is 0.350. The third-order valence-electron chi connectivity index (χ3n) is 2.61. The monoisotopic (exact) mass is 260 g/mol. The number of nitrogens with zero attached hydrogens (tertiary/aromatic N) is 3. The van der Waals surface area contributed by atoms with Crippen LogP contribution in [0, 0.1) is 10.1 Å². The number of hydrogen-bond donors (Lipinski definition) is 1. The van der Waals surface area contributed by atoms with Crippen molar-refractivity contribution in [2.45, 2.75) is 6.54 Å². The van der Waals surface area contributed by atoms with Crippen molar-refractivity contribution in [1.82, 2.24) is 14.9 Å². The minimum atomic E-state index is -0.499. The fourth-order valence-electron chi connectivity index (χ4n) is 1.63. The molecule has 7 nitrogen and oxygen atoms in total. The lowest BCUT2D eigenvalue weighted by Crippen LogP contribution is -2.26. The number of non-ortho nitro benzene ring substituents is 1.